The molecule has 136 valence electrons. The van der Waals surface area contributed by atoms with Gasteiger partial charge in [0.05, 0.1) is 6.33 Å². The minimum Gasteiger partial charge on any atom is -0.353 e. The summed E-state index contributed by atoms with van der Waals surface area (Å²) in [5, 5.41) is 2.93. The smallest absolute Gasteiger partial charge is 0.353 e. The first-order valence-electron chi connectivity index (χ1n) is 8.21. The number of piperidine rings is 1. The number of fused-ring (bicyclic) bond motifs is 1. The lowest BCUT2D eigenvalue weighted by Crippen LogP contribution is -2.48. The Bertz CT molecular complexity index is 759. The third-order valence-electron chi connectivity index (χ3n) is 4.08. The highest BCUT2D eigenvalue weighted by Crippen LogP contribution is 2.31. The second-order valence-corrected chi connectivity index (χ2v) is 6.07. The first-order valence-corrected chi connectivity index (χ1v) is 8.21. The van der Waals surface area contributed by atoms with Crippen molar-refractivity contribution in [2.24, 2.45) is 0 Å². The van der Waals surface area contributed by atoms with Crippen LogP contribution in [0.3, 0.4) is 0 Å². The summed E-state index contributed by atoms with van der Waals surface area (Å²) < 4.78 is 39.2. The molecule has 7 nitrogen and oxygen atoms in total. The van der Waals surface area contributed by atoms with Gasteiger partial charge in [-0.3, -0.25) is 4.79 Å². The molecule has 3 heterocycles. The molecule has 25 heavy (non-hydrogen) atoms. The van der Waals surface area contributed by atoms with Gasteiger partial charge in [0.25, 0.3) is 0 Å². The van der Waals surface area contributed by atoms with Crippen molar-refractivity contribution in [3.05, 3.63) is 12.2 Å². The van der Waals surface area contributed by atoms with Gasteiger partial charge < -0.3 is 15.2 Å². The van der Waals surface area contributed by atoms with E-state index in [1.165, 1.54) is 6.33 Å². The fourth-order valence-electron chi connectivity index (χ4n) is 2.99. The van der Waals surface area contributed by atoms with Crippen molar-refractivity contribution >= 4 is 22.9 Å². The molecule has 0 bridgehead atoms. The monoisotopic (exact) mass is 356 g/mol. The molecule has 1 atom stereocenters. The Morgan fingerprint density at radius 3 is 2.96 bits per heavy atom. The van der Waals surface area contributed by atoms with E-state index < -0.39 is 12.0 Å². The summed E-state index contributed by atoms with van der Waals surface area (Å²) in [5.41, 5.74) is 0.350. The number of nitrogens with one attached hydrogen (secondary N) is 2. The van der Waals surface area contributed by atoms with Gasteiger partial charge in [0.15, 0.2) is 11.5 Å². The molecule has 0 aromatic carbocycles. The summed E-state index contributed by atoms with van der Waals surface area (Å²) >= 11 is 0. The van der Waals surface area contributed by atoms with E-state index in [0.717, 1.165) is 19.3 Å². The van der Waals surface area contributed by atoms with Crippen molar-refractivity contribution < 1.29 is 18.0 Å². The lowest BCUT2D eigenvalue weighted by Gasteiger charge is -2.34. The molecule has 0 aliphatic carbocycles. The van der Waals surface area contributed by atoms with Gasteiger partial charge >= 0.3 is 6.18 Å². The van der Waals surface area contributed by atoms with Crippen molar-refractivity contribution in [3.63, 3.8) is 0 Å². The molecule has 0 spiro atoms. The van der Waals surface area contributed by atoms with E-state index >= 15 is 0 Å². The third-order valence-corrected chi connectivity index (χ3v) is 4.08. The van der Waals surface area contributed by atoms with Crippen LogP contribution >= 0.6 is 0 Å². The van der Waals surface area contributed by atoms with Crippen molar-refractivity contribution in [3.8, 4) is 0 Å². The number of anilines is 1. The number of H-pyrrole nitrogens is 1. The Morgan fingerprint density at radius 1 is 1.44 bits per heavy atom. The van der Waals surface area contributed by atoms with E-state index in [2.05, 4.69) is 25.3 Å². The molecule has 2 N–H and O–H groups in total. The van der Waals surface area contributed by atoms with E-state index in [1.54, 1.807) is 4.90 Å². The molecule has 3 rings (SSSR count). The summed E-state index contributed by atoms with van der Waals surface area (Å²) in [7, 11) is 0. The number of hydrogen-bond donors (Lipinski definition) is 2. The number of aromatic nitrogens is 4. The summed E-state index contributed by atoms with van der Waals surface area (Å²) in [6.07, 6.45) is -0.627. The Balaban J connectivity index is 1.87. The van der Waals surface area contributed by atoms with E-state index in [1.807, 2.05) is 6.92 Å². The van der Waals surface area contributed by atoms with Crippen LogP contribution in [-0.4, -0.2) is 45.0 Å². The number of carbonyl (C=O) groups is 1. The molecule has 1 aliphatic heterocycles. The lowest BCUT2D eigenvalue weighted by molar-refractivity contribution is -0.144. The number of rotatable bonds is 4. The van der Waals surface area contributed by atoms with E-state index in [9.17, 15) is 18.0 Å². The van der Waals surface area contributed by atoms with Gasteiger partial charge in [0, 0.05) is 25.6 Å². The van der Waals surface area contributed by atoms with Gasteiger partial charge in [-0.1, -0.05) is 6.92 Å². The van der Waals surface area contributed by atoms with Crippen molar-refractivity contribution in [2.75, 3.05) is 18.0 Å². The second-order valence-electron chi connectivity index (χ2n) is 6.07. The highest BCUT2D eigenvalue weighted by Gasteiger charge is 2.37. The lowest BCUT2D eigenvalue weighted by atomic mass is 10.1. The fourth-order valence-corrected chi connectivity index (χ4v) is 2.99. The quantitative estimate of drug-likeness (QED) is 0.877. The predicted molar refractivity (Wildman–Crippen MR) is 85.0 cm³/mol. The molecule has 2 aromatic heterocycles. The number of carbonyl (C=O) groups excluding carboxylic acids is 1. The van der Waals surface area contributed by atoms with Crippen molar-refractivity contribution in [1.82, 2.24) is 25.3 Å². The molecule has 1 unspecified atom stereocenters. The number of hydrogen-bond acceptors (Lipinski definition) is 5. The maximum absolute atomic E-state index is 13.1. The van der Waals surface area contributed by atoms with Crippen LogP contribution in [0, 0.1) is 0 Å². The molecular formula is C15H19F3N6O. The Hall–Kier alpha value is -2.39. The normalized spacial score (nSPS) is 18.6. The summed E-state index contributed by atoms with van der Waals surface area (Å²) in [5.74, 6) is -1.08. The second kappa shape index (κ2) is 6.85. The zero-order valence-corrected chi connectivity index (χ0v) is 13.7. The Labute approximate surface area is 142 Å². The van der Waals surface area contributed by atoms with E-state index in [-0.39, 0.29) is 23.4 Å². The van der Waals surface area contributed by atoms with Crippen LogP contribution in [-0.2, 0) is 11.0 Å². The zero-order chi connectivity index (χ0) is 18.0. The van der Waals surface area contributed by atoms with Crippen molar-refractivity contribution in [1.29, 1.82) is 0 Å². The summed E-state index contributed by atoms with van der Waals surface area (Å²) in [6.45, 7) is 2.88. The van der Waals surface area contributed by atoms with Crippen molar-refractivity contribution in [2.45, 2.75) is 44.8 Å². The van der Waals surface area contributed by atoms with Gasteiger partial charge in [0.1, 0.15) is 5.52 Å². The average Bonchev–Trinajstić information content (AvgIpc) is 3.02. The molecule has 1 fully saturated rings. The van der Waals surface area contributed by atoms with E-state index in [4.69, 9.17) is 0 Å². The highest BCUT2D eigenvalue weighted by molar-refractivity contribution is 5.83. The van der Waals surface area contributed by atoms with Gasteiger partial charge in [0.2, 0.25) is 11.7 Å². The number of halogens is 3. The molecule has 1 amide bonds. The topological polar surface area (TPSA) is 86.8 Å². The number of imidazole rings is 1. The Morgan fingerprint density at radius 2 is 2.24 bits per heavy atom. The zero-order valence-electron chi connectivity index (χ0n) is 13.7. The van der Waals surface area contributed by atoms with Crippen LogP contribution in [0.4, 0.5) is 19.0 Å². The predicted octanol–water partition coefficient (Wildman–Crippen LogP) is 2.26. The maximum atomic E-state index is 13.1. The minimum absolute atomic E-state index is 0.0190. The van der Waals surface area contributed by atoms with Crippen LogP contribution < -0.4 is 10.2 Å². The SMILES string of the molecule is CCCC(=O)NC1CCCN(c2nc(C(F)(F)F)nc3nc[nH]c23)C1. The molecule has 0 radical (unpaired) electrons. The third kappa shape index (κ3) is 3.83. The van der Waals surface area contributed by atoms with Gasteiger partial charge in [-0.15, -0.1) is 0 Å². The number of amides is 1. The fraction of sp³-hybridized carbons (Fsp3) is 0.600. The van der Waals surface area contributed by atoms with Crippen LogP contribution in [0.1, 0.15) is 38.4 Å². The minimum atomic E-state index is -4.65. The average molecular weight is 356 g/mol. The van der Waals surface area contributed by atoms with Crippen LogP contribution in [0.25, 0.3) is 11.2 Å². The summed E-state index contributed by atoms with van der Waals surface area (Å²) in [4.78, 5) is 27.4. The molecular weight excluding hydrogens is 337 g/mol. The van der Waals surface area contributed by atoms with Gasteiger partial charge in [-0.05, 0) is 19.3 Å². The largest absolute Gasteiger partial charge is 0.451 e. The first-order chi connectivity index (χ1) is 11.9. The summed E-state index contributed by atoms with van der Waals surface area (Å²) in [6, 6.07) is -0.116. The number of nitrogens with zero attached hydrogens (tertiary/aromatic N) is 4. The van der Waals surface area contributed by atoms with Crippen LogP contribution in [0.15, 0.2) is 6.33 Å². The molecule has 1 saturated heterocycles. The number of alkyl halides is 3. The Kier molecular flexibility index (Phi) is 4.78. The van der Waals surface area contributed by atoms with Gasteiger partial charge in [-0.2, -0.15) is 13.2 Å². The van der Waals surface area contributed by atoms with Crippen LogP contribution in [0.2, 0.25) is 0 Å². The molecule has 1 aliphatic rings. The maximum Gasteiger partial charge on any atom is 0.451 e. The molecule has 10 heteroatoms. The standard InChI is InChI=1S/C15H19F3N6O/c1-2-4-10(25)21-9-5-3-6-24(7-9)13-11-12(20-8-19-11)22-14(23-13)15(16,17)18/h8-9H,2-7H2,1H3,(H,21,25)(H,19,20,22,23). The molecule has 0 saturated carbocycles. The number of aromatic amines is 1. The molecule has 2 aromatic rings. The highest BCUT2D eigenvalue weighted by atomic mass is 19.4. The van der Waals surface area contributed by atoms with E-state index in [0.29, 0.717) is 25.0 Å². The van der Waals surface area contributed by atoms with Gasteiger partial charge in [-0.25, -0.2) is 15.0 Å². The first kappa shape index (κ1) is 17.4. The van der Waals surface area contributed by atoms with Crippen LogP contribution in [0.5, 0.6) is 0 Å².